The van der Waals surface area contributed by atoms with Gasteiger partial charge in [-0.25, -0.2) is 4.79 Å². The molecular formula is C25H34N2O5. The first-order valence-electron chi connectivity index (χ1n) is 11.8. The summed E-state index contributed by atoms with van der Waals surface area (Å²) in [6.45, 7) is 7.46. The van der Waals surface area contributed by atoms with Gasteiger partial charge in [0.2, 0.25) is 0 Å². The first-order chi connectivity index (χ1) is 15.2. The summed E-state index contributed by atoms with van der Waals surface area (Å²) in [6.07, 6.45) is 5.59. The molecule has 0 bridgehead atoms. The summed E-state index contributed by atoms with van der Waals surface area (Å²) in [5.74, 6) is -0.00693. The molecule has 7 nitrogen and oxygen atoms in total. The van der Waals surface area contributed by atoms with Gasteiger partial charge in [0.05, 0.1) is 23.3 Å². The Bertz CT molecular complexity index is 826. The number of amides is 3. The fourth-order valence-corrected chi connectivity index (χ4v) is 4.89. The molecule has 1 aromatic rings. The van der Waals surface area contributed by atoms with Crippen molar-refractivity contribution in [3.8, 4) is 0 Å². The molecule has 1 aliphatic carbocycles. The van der Waals surface area contributed by atoms with E-state index >= 15 is 0 Å². The Balaban J connectivity index is 1.19. The van der Waals surface area contributed by atoms with Crippen LogP contribution in [0.5, 0.6) is 0 Å². The number of piperidine rings is 1. The summed E-state index contributed by atoms with van der Waals surface area (Å²) in [5.41, 5.74) is 0.565. The molecule has 3 amide bonds. The van der Waals surface area contributed by atoms with Crippen molar-refractivity contribution in [3.05, 3.63) is 35.4 Å². The van der Waals surface area contributed by atoms with Crippen molar-refractivity contribution in [2.75, 3.05) is 19.6 Å². The SMILES string of the molecule is CC(C)(C)OC(=O)N1CCC(OC2CCC(CN3C(=O)c4ccccc4C3=O)CC2)CC1. The molecule has 0 unspecified atom stereocenters. The Hall–Kier alpha value is -2.41. The summed E-state index contributed by atoms with van der Waals surface area (Å²) in [5, 5.41) is 0. The number of ether oxygens (including phenoxy) is 2. The smallest absolute Gasteiger partial charge is 0.410 e. The Morgan fingerprint density at radius 2 is 1.44 bits per heavy atom. The fourth-order valence-electron chi connectivity index (χ4n) is 4.89. The highest BCUT2D eigenvalue weighted by Gasteiger charge is 2.37. The largest absolute Gasteiger partial charge is 0.444 e. The van der Waals surface area contributed by atoms with E-state index in [0.29, 0.717) is 36.7 Å². The van der Waals surface area contributed by atoms with Gasteiger partial charge in [-0.15, -0.1) is 0 Å². The third-order valence-corrected chi connectivity index (χ3v) is 6.59. The molecule has 0 spiro atoms. The van der Waals surface area contributed by atoms with E-state index in [1.165, 1.54) is 4.90 Å². The third kappa shape index (κ3) is 5.14. The number of rotatable bonds is 4. The van der Waals surface area contributed by atoms with Crippen molar-refractivity contribution in [3.63, 3.8) is 0 Å². The zero-order valence-electron chi connectivity index (χ0n) is 19.3. The normalized spacial score (nSPS) is 24.6. The molecule has 2 heterocycles. The predicted octanol–water partition coefficient (Wildman–Crippen LogP) is 4.26. The Morgan fingerprint density at radius 1 is 0.906 bits per heavy atom. The van der Waals surface area contributed by atoms with Crippen LogP contribution in [0.15, 0.2) is 24.3 Å². The minimum atomic E-state index is -0.476. The Labute approximate surface area is 190 Å². The number of nitrogens with zero attached hydrogens (tertiary/aromatic N) is 2. The molecule has 0 aromatic heterocycles. The maximum absolute atomic E-state index is 12.6. The van der Waals surface area contributed by atoms with Gasteiger partial charge in [0.1, 0.15) is 5.60 Å². The monoisotopic (exact) mass is 442 g/mol. The molecule has 0 atom stereocenters. The standard InChI is InChI=1S/C25H34N2O5/c1-25(2,3)32-24(30)26-14-12-19(13-15-26)31-18-10-8-17(9-11-18)16-27-22(28)20-6-4-5-7-21(20)23(27)29/h4-7,17-19H,8-16H2,1-3H3. The van der Waals surface area contributed by atoms with Gasteiger partial charge in [0, 0.05) is 19.6 Å². The van der Waals surface area contributed by atoms with Crippen molar-refractivity contribution in [1.82, 2.24) is 9.80 Å². The number of benzene rings is 1. The topological polar surface area (TPSA) is 76.2 Å². The van der Waals surface area contributed by atoms with Crippen LogP contribution in [0.3, 0.4) is 0 Å². The van der Waals surface area contributed by atoms with Crippen LogP contribution in [0.25, 0.3) is 0 Å². The van der Waals surface area contributed by atoms with E-state index < -0.39 is 5.60 Å². The molecule has 7 heteroatoms. The first-order valence-corrected chi connectivity index (χ1v) is 11.8. The van der Waals surface area contributed by atoms with E-state index in [0.717, 1.165) is 38.5 Å². The van der Waals surface area contributed by atoms with E-state index in [4.69, 9.17) is 9.47 Å². The van der Waals surface area contributed by atoms with Crippen LogP contribution in [0.4, 0.5) is 4.79 Å². The molecule has 1 saturated carbocycles. The summed E-state index contributed by atoms with van der Waals surface area (Å²) < 4.78 is 11.8. The van der Waals surface area contributed by atoms with Crippen LogP contribution in [-0.2, 0) is 9.47 Å². The van der Waals surface area contributed by atoms with Crippen molar-refractivity contribution in [1.29, 1.82) is 0 Å². The van der Waals surface area contributed by atoms with Crippen molar-refractivity contribution in [2.24, 2.45) is 5.92 Å². The highest BCUT2D eigenvalue weighted by atomic mass is 16.6. The second-order valence-corrected chi connectivity index (χ2v) is 10.2. The highest BCUT2D eigenvalue weighted by molar-refractivity contribution is 6.21. The van der Waals surface area contributed by atoms with Gasteiger partial charge in [0.15, 0.2) is 0 Å². The first kappa shape index (κ1) is 22.8. The van der Waals surface area contributed by atoms with Crippen LogP contribution in [-0.4, -0.2) is 65.2 Å². The lowest BCUT2D eigenvalue weighted by atomic mass is 9.86. The lowest BCUT2D eigenvalue weighted by Crippen LogP contribution is -2.44. The average Bonchev–Trinajstić information content (AvgIpc) is 2.99. The number of hydrogen-bond acceptors (Lipinski definition) is 5. The predicted molar refractivity (Wildman–Crippen MR) is 119 cm³/mol. The molecule has 174 valence electrons. The molecule has 1 aromatic carbocycles. The minimum Gasteiger partial charge on any atom is -0.444 e. The quantitative estimate of drug-likeness (QED) is 0.652. The molecule has 3 aliphatic rings. The van der Waals surface area contributed by atoms with Crippen LogP contribution in [0.1, 0.15) is 80.0 Å². The Morgan fingerprint density at radius 3 is 1.97 bits per heavy atom. The number of likely N-dealkylation sites (tertiary alicyclic amines) is 1. The summed E-state index contributed by atoms with van der Waals surface area (Å²) in [7, 11) is 0. The zero-order chi connectivity index (χ0) is 22.9. The van der Waals surface area contributed by atoms with Gasteiger partial charge in [-0.3, -0.25) is 14.5 Å². The number of hydrogen-bond donors (Lipinski definition) is 0. The molecule has 2 fully saturated rings. The highest BCUT2D eigenvalue weighted by Crippen LogP contribution is 2.32. The van der Waals surface area contributed by atoms with Crippen LogP contribution >= 0.6 is 0 Å². The van der Waals surface area contributed by atoms with Crippen LogP contribution in [0.2, 0.25) is 0 Å². The van der Waals surface area contributed by atoms with Crippen molar-refractivity contribution in [2.45, 2.75) is 77.1 Å². The molecular weight excluding hydrogens is 408 g/mol. The van der Waals surface area contributed by atoms with Gasteiger partial charge in [-0.05, 0) is 77.3 Å². The van der Waals surface area contributed by atoms with E-state index in [1.54, 1.807) is 29.2 Å². The van der Waals surface area contributed by atoms with Gasteiger partial charge in [-0.1, -0.05) is 12.1 Å². The average molecular weight is 443 g/mol. The number of carbonyl (C=O) groups is 3. The van der Waals surface area contributed by atoms with E-state index in [1.807, 2.05) is 20.8 Å². The van der Waals surface area contributed by atoms with Gasteiger partial charge < -0.3 is 14.4 Å². The van der Waals surface area contributed by atoms with Gasteiger partial charge in [0.25, 0.3) is 11.8 Å². The maximum Gasteiger partial charge on any atom is 0.410 e. The van der Waals surface area contributed by atoms with Crippen LogP contribution < -0.4 is 0 Å². The summed E-state index contributed by atoms with van der Waals surface area (Å²) in [4.78, 5) is 40.6. The lowest BCUT2D eigenvalue weighted by molar-refractivity contribution is -0.0629. The molecule has 1 saturated heterocycles. The minimum absolute atomic E-state index is 0.166. The van der Waals surface area contributed by atoms with Gasteiger partial charge >= 0.3 is 6.09 Å². The number of imide groups is 1. The van der Waals surface area contributed by atoms with Gasteiger partial charge in [-0.2, -0.15) is 0 Å². The molecule has 4 rings (SSSR count). The lowest BCUT2D eigenvalue weighted by Gasteiger charge is -2.37. The zero-order valence-corrected chi connectivity index (χ0v) is 19.3. The number of carbonyl (C=O) groups excluding carboxylic acids is 3. The molecule has 0 radical (unpaired) electrons. The molecule has 0 N–H and O–H groups in total. The Kier molecular flexibility index (Phi) is 6.56. The third-order valence-electron chi connectivity index (χ3n) is 6.59. The summed E-state index contributed by atoms with van der Waals surface area (Å²) >= 11 is 0. The summed E-state index contributed by atoms with van der Waals surface area (Å²) in [6, 6.07) is 7.06. The second-order valence-electron chi connectivity index (χ2n) is 10.2. The maximum atomic E-state index is 12.6. The molecule has 32 heavy (non-hydrogen) atoms. The van der Waals surface area contributed by atoms with Crippen molar-refractivity contribution < 1.29 is 23.9 Å². The molecule has 2 aliphatic heterocycles. The van der Waals surface area contributed by atoms with Crippen molar-refractivity contribution >= 4 is 17.9 Å². The van der Waals surface area contributed by atoms with E-state index in [2.05, 4.69) is 0 Å². The van der Waals surface area contributed by atoms with E-state index in [-0.39, 0.29) is 30.1 Å². The fraction of sp³-hybridized carbons (Fsp3) is 0.640. The number of fused-ring (bicyclic) bond motifs is 1. The second kappa shape index (κ2) is 9.22. The van der Waals surface area contributed by atoms with E-state index in [9.17, 15) is 14.4 Å². The van der Waals surface area contributed by atoms with Crippen LogP contribution in [0, 0.1) is 5.92 Å².